The van der Waals surface area contributed by atoms with Crippen molar-refractivity contribution in [2.24, 2.45) is 0 Å². The molecule has 2 aromatic heterocycles. The fourth-order valence-corrected chi connectivity index (χ4v) is 3.48. The third kappa shape index (κ3) is 4.37. The number of H-pyrrole nitrogens is 1. The van der Waals surface area contributed by atoms with E-state index in [0.717, 1.165) is 38.2 Å². The monoisotopic (exact) mass is 383 g/mol. The van der Waals surface area contributed by atoms with Crippen molar-refractivity contribution in [3.63, 3.8) is 0 Å². The topological polar surface area (TPSA) is 90.9 Å². The summed E-state index contributed by atoms with van der Waals surface area (Å²) in [7, 11) is 0. The second-order valence-corrected chi connectivity index (χ2v) is 6.84. The van der Waals surface area contributed by atoms with Crippen LogP contribution in [-0.2, 0) is 6.54 Å². The lowest BCUT2D eigenvalue weighted by atomic mass is 10.1. The third-order valence-corrected chi connectivity index (χ3v) is 4.85. The highest BCUT2D eigenvalue weighted by molar-refractivity contribution is 5.99. The number of urea groups is 1. The van der Waals surface area contributed by atoms with Crippen LogP contribution in [0.1, 0.15) is 24.6 Å². The molecule has 3 N–H and O–H groups in total. The van der Waals surface area contributed by atoms with E-state index in [2.05, 4.69) is 30.8 Å². The number of rotatable bonds is 5. The number of carbonyl (C=O) groups excluding carboxylic acids is 1. The molecule has 0 aliphatic carbocycles. The van der Waals surface area contributed by atoms with Gasteiger partial charge in [0.1, 0.15) is 11.6 Å². The van der Waals surface area contributed by atoms with Gasteiger partial charge in [0, 0.05) is 43.3 Å². The maximum Gasteiger partial charge on any atom is 0.324 e. The van der Waals surface area contributed by atoms with Gasteiger partial charge in [-0.2, -0.15) is 10.2 Å². The number of hydrogen-bond acceptors (Lipinski definition) is 4. The molecule has 28 heavy (non-hydrogen) atoms. The summed E-state index contributed by atoms with van der Waals surface area (Å²) >= 11 is 0. The number of likely N-dealkylation sites (tertiary alicyclic amines) is 1. The van der Waals surface area contributed by atoms with E-state index in [1.54, 1.807) is 30.6 Å². The fraction of sp³-hybridized carbons (Fsp3) is 0.316. The van der Waals surface area contributed by atoms with Gasteiger partial charge < -0.3 is 5.32 Å². The number of benzene rings is 1. The molecular weight excluding hydrogens is 361 g/mol. The Morgan fingerprint density at radius 2 is 2.04 bits per heavy atom. The Kier molecular flexibility index (Phi) is 5.34. The SMILES string of the molecule is O=C(Nc1cccc(F)c1)Nc1ccnn1C1CCN(Cc2ccn[nH]2)CC1. The van der Waals surface area contributed by atoms with Crippen LogP contribution in [0.2, 0.25) is 0 Å². The van der Waals surface area contributed by atoms with Crippen LogP contribution in [0.4, 0.5) is 20.7 Å². The quantitative estimate of drug-likeness (QED) is 0.631. The number of piperidine rings is 1. The molecule has 3 heterocycles. The molecule has 0 radical (unpaired) electrons. The molecule has 0 spiro atoms. The maximum absolute atomic E-state index is 13.3. The molecule has 0 bridgehead atoms. The Hall–Kier alpha value is -3.20. The molecule has 1 saturated heterocycles. The van der Waals surface area contributed by atoms with Crippen LogP contribution in [0, 0.1) is 5.82 Å². The number of halogens is 1. The zero-order chi connectivity index (χ0) is 19.3. The molecule has 0 saturated carbocycles. The minimum Gasteiger partial charge on any atom is -0.308 e. The molecule has 0 unspecified atom stereocenters. The summed E-state index contributed by atoms with van der Waals surface area (Å²) in [6.07, 6.45) is 5.32. The summed E-state index contributed by atoms with van der Waals surface area (Å²) in [4.78, 5) is 14.6. The smallest absolute Gasteiger partial charge is 0.308 e. The molecule has 8 nitrogen and oxygen atoms in total. The lowest BCUT2D eigenvalue weighted by molar-refractivity contribution is 0.172. The van der Waals surface area contributed by atoms with Crippen molar-refractivity contribution in [1.82, 2.24) is 24.9 Å². The van der Waals surface area contributed by atoms with Gasteiger partial charge in [-0.05, 0) is 37.1 Å². The first-order chi connectivity index (χ1) is 13.7. The van der Waals surface area contributed by atoms with E-state index in [1.165, 1.54) is 12.1 Å². The van der Waals surface area contributed by atoms with E-state index < -0.39 is 11.8 Å². The van der Waals surface area contributed by atoms with E-state index in [9.17, 15) is 9.18 Å². The van der Waals surface area contributed by atoms with E-state index in [-0.39, 0.29) is 6.04 Å². The lowest BCUT2D eigenvalue weighted by Gasteiger charge is -2.32. The minimum atomic E-state index is -0.427. The number of nitrogens with zero attached hydrogens (tertiary/aromatic N) is 4. The van der Waals surface area contributed by atoms with Gasteiger partial charge >= 0.3 is 6.03 Å². The van der Waals surface area contributed by atoms with Gasteiger partial charge in [-0.1, -0.05) is 6.07 Å². The summed E-state index contributed by atoms with van der Waals surface area (Å²) in [5.74, 6) is 0.227. The van der Waals surface area contributed by atoms with Crippen LogP contribution in [0.3, 0.4) is 0 Å². The number of anilines is 2. The van der Waals surface area contributed by atoms with Crippen molar-refractivity contribution < 1.29 is 9.18 Å². The van der Waals surface area contributed by atoms with E-state index >= 15 is 0 Å². The first-order valence-corrected chi connectivity index (χ1v) is 9.25. The van der Waals surface area contributed by atoms with Crippen LogP contribution in [0.15, 0.2) is 48.8 Å². The Morgan fingerprint density at radius 1 is 1.18 bits per heavy atom. The first-order valence-electron chi connectivity index (χ1n) is 9.25. The van der Waals surface area contributed by atoms with Crippen molar-refractivity contribution in [1.29, 1.82) is 0 Å². The van der Waals surface area contributed by atoms with Gasteiger partial charge in [-0.15, -0.1) is 0 Å². The van der Waals surface area contributed by atoms with E-state index in [0.29, 0.717) is 11.5 Å². The molecule has 4 rings (SSSR count). The Bertz CT molecular complexity index is 916. The number of nitrogens with one attached hydrogen (secondary N) is 3. The number of aromatic nitrogens is 4. The summed E-state index contributed by atoms with van der Waals surface area (Å²) in [5.41, 5.74) is 1.50. The molecule has 9 heteroatoms. The number of hydrogen-bond donors (Lipinski definition) is 3. The standard InChI is InChI=1S/C19H22FN7O/c20-14-2-1-3-15(12-14)23-19(28)24-18-5-9-22-27(18)17-6-10-26(11-7-17)13-16-4-8-21-25-16/h1-5,8-9,12,17H,6-7,10-11,13H2,(H,21,25)(H2,23,24,28). The van der Waals surface area contributed by atoms with Crippen molar-refractivity contribution in [2.45, 2.75) is 25.4 Å². The normalized spacial score (nSPS) is 15.5. The molecule has 146 valence electrons. The van der Waals surface area contributed by atoms with Crippen LogP contribution in [0.5, 0.6) is 0 Å². The second-order valence-electron chi connectivity index (χ2n) is 6.84. The molecule has 1 fully saturated rings. The fourth-order valence-electron chi connectivity index (χ4n) is 3.48. The minimum absolute atomic E-state index is 0.220. The number of aromatic amines is 1. The van der Waals surface area contributed by atoms with Gasteiger partial charge in [0.2, 0.25) is 0 Å². The van der Waals surface area contributed by atoms with Crippen molar-refractivity contribution in [3.8, 4) is 0 Å². The first kappa shape index (κ1) is 18.2. The van der Waals surface area contributed by atoms with Gasteiger partial charge in [0.25, 0.3) is 0 Å². The van der Waals surface area contributed by atoms with Crippen LogP contribution < -0.4 is 10.6 Å². The van der Waals surface area contributed by atoms with E-state index in [1.807, 2.05) is 10.7 Å². The predicted molar refractivity (Wildman–Crippen MR) is 103 cm³/mol. The van der Waals surface area contributed by atoms with Crippen molar-refractivity contribution in [3.05, 3.63) is 60.3 Å². The number of carbonyl (C=O) groups is 1. The highest BCUT2D eigenvalue weighted by atomic mass is 19.1. The molecular formula is C19H22FN7O. The zero-order valence-electron chi connectivity index (χ0n) is 15.3. The largest absolute Gasteiger partial charge is 0.324 e. The van der Waals surface area contributed by atoms with Gasteiger partial charge in [0.05, 0.1) is 12.2 Å². The molecule has 0 atom stereocenters. The zero-order valence-corrected chi connectivity index (χ0v) is 15.3. The van der Waals surface area contributed by atoms with Crippen LogP contribution >= 0.6 is 0 Å². The van der Waals surface area contributed by atoms with Gasteiger partial charge in [-0.25, -0.2) is 13.9 Å². The molecule has 2 amide bonds. The summed E-state index contributed by atoms with van der Waals surface area (Å²) in [6, 6.07) is 9.33. The maximum atomic E-state index is 13.3. The molecule has 1 aromatic carbocycles. The number of amides is 2. The summed E-state index contributed by atoms with van der Waals surface area (Å²) in [5, 5.41) is 16.8. The Morgan fingerprint density at radius 3 is 2.79 bits per heavy atom. The van der Waals surface area contributed by atoms with Crippen molar-refractivity contribution >= 4 is 17.5 Å². The molecule has 1 aliphatic rings. The third-order valence-electron chi connectivity index (χ3n) is 4.85. The molecule has 1 aliphatic heterocycles. The van der Waals surface area contributed by atoms with Crippen LogP contribution in [-0.4, -0.2) is 44.0 Å². The van der Waals surface area contributed by atoms with Crippen LogP contribution in [0.25, 0.3) is 0 Å². The summed E-state index contributed by atoms with van der Waals surface area (Å²) < 4.78 is 15.1. The predicted octanol–water partition coefficient (Wildman–Crippen LogP) is 3.23. The van der Waals surface area contributed by atoms with Crippen molar-refractivity contribution in [2.75, 3.05) is 23.7 Å². The second kappa shape index (κ2) is 8.22. The van der Waals surface area contributed by atoms with Gasteiger partial charge in [-0.3, -0.25) is 15.3 Å². The molecule has 3 aromatic rings. The average Bonchev–Trinajstić information content (AvgIpc) is 3.34. The van der Waals surface area contributed by atoms with Gasteiger partial charge in [0.15, 0.2) is 0 Å². The highest BCUT2D eigenvalue weighted by Crippen LogP contribution is 2.26. The average molecular weight is 383 g/mol. The lowest BCUT2D eigenvalue weighted by Crippen LogP contribution is -2.35. The Labute approximate surface area is 161 Å². The Balaban J connectivity index is 1.33. The van der Waals surface area contributed by atoms with E-state index in [4.69, 9.17) is 0 Å². The highest BCUT2D eigenvalue weighted by Gasteiger charge is 2.23. The summed E-state index contributed by atoms with van der Waals surface area (Å²) in [6.45, 7) is 2.74.